The van der Waals surface area contributed by atoms with Crippen molar-refractivity contribution in [1.82, 2.24) is 9.97 Å². The highest BCUT2D eigenvalue weighted by atomic mass is 15.1. The Morgan fingerprint density at radius 1 is 0.469 bits per heavy atom. The summed E-state index contributed by atoms with van der Waals surface area (Å²) in [4.78, 5) is 10.6. The summed E-state index contributed by atoms with van der Waals surface area (Å²) >= 11 is 0. The number of anilines is 3. The van der Waals surface area contributed by atoms with Gasteiger partial charge in [0, 0.05) is 41.8 Å². The lowest BCUT2D eigenvalue weighted by molar-refractivity contribution is 1.27. The van der Waals surface area contributed by atoms with Gasteiger partial charge in [-0.15, -0.1) is 0 Å². The van der Waals surface area contributed by atoms with E-state index in [1.807, 2.05) is 36.8 Å². The van der Waals surface area contributed by atoms with Crippen molar-refractivity contribution in [3.05, 3.63) is 127 Å². The van der Waals surface area contributed by atoms with Crippen molar-refractivity contribution >= 4 is 17.1 Å². The van der Waals surface area contributed by atoms with Crippen molar-refractivity contribution in [1.29, 1.82) is 0 Å². The molecule has 0 fully saturated rings. The van der Waals surface area contributed by atoms with Gasteiger partial charge in [-0.25, -0.2) is 0 Å². The molecule has 0 spiro atoms. The molecule has 0 aliphatic heterocycles. The molecule has 0 amide bonds. The third-order valence-electron chi connectivity index (χ3n) is 5.55. The summed E-state index contributed by atoms with van der Waals surface area (Å²) in [6.07, 6.45) is 7.34. The van der Waals surface area contributed by atoms with Crippen LogP contribution in [0.15, 0.2) is 122 Å². The van der Waals surface area contributed by atoms with E-state index in [2.05, 4.69) is 101 Å². The van der Waals surface area contributed by atoms with Gasteiger partial charge < -0.3 is 4.90 Å². The van der Waals surface area contributed by atoms with E-state index in [4.69, 9.17) is 0 Å². The van der Waals surface area contributed by atoms with Crippen LogP contribution in [0.4, 0.5) is 17.1 Å². The minimum absolute atomic E-state index is 1.11. The van der Waals surface area contributed by atoms with E-state index in [0.29, 0.717) is 0 Å². The predicted molar refractivity (Wildman–Crippen MR) is 132 cm³/mol. The standard InChI is InChI=1S/C29H23N3/c1-22-4-10-27(11-5-22)32(28-12-6-23(7-13-28)25-16-19-30-20-17-25)29-14-8-24(9-15-29)26-3-2-18-31-21-26/h2-21H,1H3. The fraction of sp³-hybridized carbons (Fsp3) is 0.0345. The second-order valence-corrected chi connectivity index (χ2v) is 7.74. The molecule has 2 aromatic heterocycles. The van der Waals surface area contributed by atoms with Crippen LogP contribution in [0.25, 0.3) is 22.3 Å². The van der Waals surface area contributed by atoms with Crippen molar-refractivity contribution in [3.8, 4) is 22.3 Å². The second-order valence-electron chi connectivity index (χ2n) is 7.74. The zero-order chi connectivity index (χ0) is 21.8. The smallest absolute Gasteiger partial charge is 0.0462 e. The predicted octanol–water partition coefficient (Wildman–Crippen LogP) is 7.59. The van der Waals surface area contributed by atoms with Gasteiger partial charge in [0.15, 0.2) is 0 Å². The van der Waals surface area contributed by atoms with Gasteiger partial charge in [-0.3, -0.25) is 9.97 Å². The van der Waals surface area contributed by atoms with Gasteiger partial charge in [0.25, 0.3) is 0 Å². The molecule has 32 heavy (non-hydrogen) atoms. The van der Waals surface area contributed by atoms with Crippen LogP contribution < -0.4 is 4.90 Å². The molecular weight excluding hydrogens is 390 g/mol. The average molecular weight is 414 g/mol. The minimum Gasteiger partial charge on any atom is -0.311 e. The average Bonchev–Trinajstić information content (AvgIpc) is 2.87. The molecule has 0 bridgehead atoms. The Balaban J connectivity index is 1.53. The summed E-state index contributed by atoms with van der Waals surface area (Å²) in [5, 5.41) is 0. The first-order valence-corrected chi connectivity index (χ1v) is 10.7. The Morgan fingerprint density at radius 2 is 0.969 bits per heavy atom. The zero-order valence-electron chi connectivity index (χ0n) is 17.9. The summed E-state index contributed by atoms with van der Waals surface area (Å²) in [5.74, 6) is 0. The normalized spacial score (nSPS) is 10.7. The van der Waals surface area contributed by atoms with Crippen LogP contribution in [-0.2, 0) is 0 Å². The molecular formula is C29H23N3. The molecule has 0 saturated carbocycles. The van der Waals surface area contributed by atoms with E-state index < -0.39 is 0 Å². The van der Waals surface area contributed by atoms with E-state index in [9.17, 15) is 0 Å². The zero-order valence-corrected chi connectivity index (χ0v) is 17.9. The number of hydrogen-bond acceptors (Lipinski definition) is 3. The van der Waals surface area contributed by atoms with Gasteiger partial charge in [-0.1, -0.05) is 48.0 Å². The van der Waals surface area contributed by atoms with Crippen molar-refractivity contribution in [2.45, 2.75) is 6.92 Å². The maximum Gasteiger partial charge on any atom is 0.0462 e. The Bertz CT molecular complexity index is 1200. The third-order valence-corrected chi connectivity index (χ3v) is 5.55. The molecule has 3 nitrogen and oxygen atoms in total. The fourth-order valence-electron chi connectivity index (χ4n) is 3.82. The Morgan fingerprint density at radius 3 is 1.50 bits per heavy atom. The monoisotopic (exact) mass is 413 g/mol. The first-order valence-electron chi connectivity index (χ1n) is 10.7. The summed E-state index contributed by atoms with van der Waals surface area (Å²) < 4.78 is 0. The first-order chi connectivity index (χ1) is 15.8. The second kappa shape index (κ2) is 8.86. The van der Waals surface area contributed by atoms with E-state index in [1.54, 1.807) is 6.20 Å². The number of pyridine rings is 2. The van der Waals surface area contributed by atoms with Crippen LogP contribution in [-0.4, -0.2) is 9.97 Å². The quantitative estimate of drug-likeness (QED) is 0.297. The number of aromatic nitrogens is 2. The van der Waals surface area contributed by atoms with Crippen LogP contribution in [0, 0.1) is 6.92 Å². The minimum atomic E-state index is 1.11. The molecule has 0 atom stereocenters. The molecule has 5 rings (SSSR count). The first kappa shape index (κ1) is 19.7. The fourth-order valence-corrected chi connectivity index (χ4v) is 3.82. The molecule has 0 aliphatic rings. The van der Waals surface area contributed by atoms with Crippen LogP contribution in [0.5, 0.6) is 0 Å². The molecule has 3 aromatic carbocycles. The van der Waals surface area contributed by atoms with E-state index in [0.717, 1.165) is 33.8 Å². The molecule has 2 heterocycles. The van der Waals surface area contributed by atoms with Crippen LogP contribution >= 0.6 is 0 Å². The number of rotatable bonds is 5. The maximum atomic E-state index is 4.24. The summed E-state index contributed by atoms with van der Waals surface area (Å²) in [5.41, 5.74) is 9.19. The van der Waals surface area contributed by atoms with Crippen molar-refractivity contribution in [2.24, 2.45) is 0 Å². The van der Waals surface area contributed by atoms with Crippen LogP contribution in [0.1, 0.15) is 5.56 Å². The van der Waals surface area contributed by atoms with Gasteiger partial charge in [0.1, 0.15) is 0 Å². The summed E-state index contributed by atoms with van der Waals surface area (Å²) in [7, 11) is 0. The van der Waals surface area contributed by atoms with Gasteiger partial charge in [-0.05, 0) is 83.8 Å². The highest BCUT2D eigenvalue weighted by Gasteiger charge is 2.13. The third kappa shape index (κ3) is 4.14. The number of hydrogen-bond donors (Lipinski definition) is 0. The van der Waals surface area contributed by atoms with E-state index in [-0.39, 0.29) is 0 Å². The Kier molecular flexibility index (Phi) is 5.46. The van der Waals surface area contributed by atoms with Crippen molar-refractivity contribution < 1.29 is 0 Å². The molecule has 0 unspecified atom stereocenters. The largest absolute Gasteiger partial charge is 0.311 e. The van der Waals surface area contributed by atoms with Gasteiger partial charge in [-0.2, -0.15) is 0 Å². The van der Waals surface area contributed by atoms with Gasteiger partial charge in [0.05, 0.1) is 0 Å². The van der Waals surface area contributed by atoms with Crippen LogP contribution in [0.3, 0.4) is 0 Å². The molecule has 0 N–H and O–H groups in total. The molecule has 3 heteroatoms. The molecule has 154 valence electrons. The Labute approximate surface area is 188 Å². The lowest BCUT2D eigenvalue weighted by atomic mass is 10.0. The SMILES string of the molecule is Cc1ccc(N(c2ccc(-c3ccncc3)cc2)c2ccc(-c3cccnc3)cc2)cc1. The molecule has 0 saturated heterocycles. The number of benzene rings is 3. The maximum absolute atomic E-state index is 4.24. The van der Waals surface area contributed by atoms with E-state index in [1.165, 1.54) is 11.1 Å². The van der Waals surface area contributed by atoms with Crippen molar-refractivity contribution in [3.63, 3.8) is 0 Å². The molecule has 0 radical (unpaired) electrons. The molecule has 0 aliphatic carbocycles. The lowest BCUT2D eigenvalue weighted by Gasteiger charge is -2.26. The lowest BCUT2D eigenvalue weighted by Crippen LogP contribution is -2.09. The van der Waals surface area contributed by atoms with Crippen LogP contribution in [0.2, 0.25) is 0 Å². The summed E-state index contributed by atoms with van der Waals surface area (Å²) in [6.45, 7) is 2.11. The summed E-state index contributed by atoms with van der Waals surface area (Å²) in [6, 6.07) is 34.0. The van der Waals surface area contributed by atoms with Gasteiger partial charge in [0.2, 0.25) is 0 Å². The van der Waals surface area contributed by atoms with Crippen molar-refractivity contribution in [2.75, 3.05) is 4.90 Å². The highest BCUT2D eigenvalue weighted by molar-refractivity contribution is 5.79. The highest BCUT2D eigenvalue weighted by Crippen LogP contribution is 2.36. The molecule has 5 aromatic rings. The van der Waals surface area contributed by atoms with Gasteiger partial charge >= 0.3 is 0 Å². The number of aryl methyl sites for hydroxylation is 1. The Hall–Kier alpha value is -4.24. The van der Waals surface area contributed by atoms with E-state index >= 15 is 0 Å². The topological polar surface area (TPSA) is 29.0 Å². The number of nitrogens with zero attached hydrogens (tertiary/aromatic N) is 3.